The molecule has 0 bridgehead atoms. The molecule has 0 aromatic rings. The van der Waals surface area contributed by atoms with Gasteiger partial charge in [-0.2, -0.15) is 0 Å². The quantitative estimate of drug-likeness (QED) is 0.601. The standard InChI is InChI=1S/C15H22O3/c1-9(2)5-6-11-8-13(17)14(15(11)18)12(16)7-10(3)4/h5,10-11,18H,6-8H2,1-4H3. The number of Topliss-reactive ketones (excluding diaryl/α,β-unsaturated/α-hetero) is 2. The van der Waals surface area contributed by atoms with Crippen LogP contribution in [-0.2, 0) is 9.59 Å². The molecule has 0 saturated carbocycles. The summed E-state index contributed by atoms with van der Waals surface area (Å²) >= 11 is 0. The second kappa shape index (κ2) is 5.98. The molecule has 0 heterocycles. The molecule has 3 heteroatoms. The van der Waals surface area contributed by atoms with Crippen molar-refractivity contribution < 1.29 is 14.7 Å². The lowest BCUT2D eigenvalue weighted by Gasteiger charge is -2.07. The van der Waals surface area contributed by atoms with Gasteiger partial charge < -0.3 is 5.11 Å². The Kier molecular flexibility index (Phi) is 4.88. The summed E-state index contributed by atoms with van der Waals surface area (Å²) in [6.07, 6.45) is 3.19. The molecule has 1 rings (SSSR count). The van der Waals surface area contributed by atoms with Crippen LogP contribution >= 0.6 is 0 Å². The molecule has 1 atom stereocenters. The van der Waals surface area contributed by atoms with Gasteiger partial charge in [-0.1, -0.05) is 25.5 Å². The maximum Gasteiger partial charge on any atom is 0.170 e. The molecule has 1 N–H and O–H groups in total. The molecule has 0 aliphatic heterocycles. The summed E-state index contributed by atoms with van der Waals surface area (Å²) in [5.41, 5.74) is 1.20. The van der Waals surface area contributed by atoms with Gasteiger partial charge in [0.1, 0.15) is 5.76 Å². The lowest BCUT2D eigenvalue weighted by Crippen LogP contribution is -2.12. The molecule has 0 aromatic heterocycles. The average Bonchev–Trinajstić information content (AvgIpc) is 2.49. The molecule has 1 aliphatic carbocycles. The summed E-state index contributed by atoms with van der Waals surface area (Å²) in [6.45, 7) is 7.80. The van der Waals surface area contributed by atoms with E-state index in [0.29, 0.717) is 12.8 Å². The van der Waals surface area contributed by atoms with Gasteiger partial charge in [0.15, 0.2) is 11.6 Å². The fourth-order valence-corrected chi connectivity index (χ4v) is 2.11. The third-order valence-corrected chi connectivity index (χ3v) is 3.04. The minimum absolute atomic E-state index is 0.00292. The van der Waals surface area contributed by atoms with Crippen LogP contribution in [0.1, 0.15) is 47.0 Å². The van der Waals surface area contributed by atoms with Gasteiger partial charge in [0.05, 0.1) is 5.57 Å². The number of rotatable bonds is 5. The number of aliphatic hydroxyl groups excluding tert-OH is 1. The third-order valence-electron chi connectivity index (χ3n) is 3.04. The van der Waals surface area contributed by atoms with E-state index in [4.69, 9.17) is 0 Å². The molecule has 0 spiro atoms. The van der Waals surface area contributed by atoms with Crippen molar-refractivity contribution in [1.82, 2.24) is 0 Å². The van der Waals surface area contributed by atoms with E-state index in [2.05, 4.69) is 0 Å². The molecule has 0 fully saturated rings. The van der Waals surface area contributed by atoms with E-state index in [1.165, 1.54) is 0 Å². The Morgan fingerprint density at radius 2 is 2.06 bits per heavy atom. The zero-order valence-electron chi connectivity index (χ0n) is 11.6. The lowest BCUT2D eigenvalue weighted by atomic mass is 10.00. The molecule has 0 amide bonds. The number of ketones is 2. The second-order valence-corrected chi connectivity index (χ2v) is 5.62. The number of hydrogen-bond donors (Lipinski definition) is 1. The summed E-state index contributed by atoms with van der Waals surface area (Å²) in [5, 5.41) is 10.0. The number of hydrogen-bond acceptors (Lipinski definition) is 3. The Hall–Kier alpha value is -1.38. The van der Waals surface area contributed by atoms with E-state index in [-0.39, 0.29) is 41.2 Å². The van der Waals surface area contributed by atoms with Crippen LogP contribution in [0.2, 0.25) is 0 Å². The number of allylic oxidation sites excluding steroid dienone is 4. The van der Waals surface area contributed by atoms with Crippen LogP contribution in [0.3, 0.4) is 0 Å². The predicted octanol–water partition coefficient (Wildman–Crippen LogP) is 3.36. The van der Waals surface area contributed by atoms with Crippen molar-refractivity contribution in [3.05, 3.63) is 23.0 Å². The van der Waals surface area contributed by atoms with Crippen molar-refractivity contribution in [1.29, 1.82) is 0 Å². The van der Waals surface area contributed by atoms with Crippen molar-refractivity contribution >= 4 is 11.6 Å². The zero-order chi connectivity index (χ0) is 13.9. The van der Waals surface area contributed by atoms with Crippen molar-refractivity contribution in [2.75, 3.05) is 0 Å². The van der Waals surface area contributed by atoms with Crippen molar-refractivity contribution in [2.24, 2.45) is 11.8 Å². The first-order valence-corrected chi connectivity index (χ1v) is 6.45. The van der Waals surface area contributed by atoms with Crippen LogP contribution in [0.4, 0.5) is 0 Å². The van der Waals surface area contributed by atoms with E-state index >= 15 is 0 Å². The maximum absolute atomic E-state index is 11.9. The van der Waals surface area contributed by atoms with Gasteiger partial charge in [-0.05, 0) is 26.2 Å². The SMILES string of the molecule is CC(C)=CCC1CC(=O)C(C(=O)CC(C)C)=C1O. The Bertz CT molecular complexity index is 409. The van der Waals surface area contributed by atoms with E-state index < -0.39 is 0 Å². The van der Waals surface area contributed by atoms with Gasteiger partial charge in [-0.3, -0.25) is 9.59 Å². The van der Waals surface area contributed by atoms with Crippen LogP contribution in [0, 0.1) is 11.8 Å². The molecular weight excluding hydrogens is 228 g/mol. The van der Waals surface area contributed by atoms with Crippen LogP contribution < -0.4 is 0 Å². The number of carbonyl (C=O) groups excluding carboxylic acids is 2. The largest absolute Gasteiger partial charge is 0.511 e. The first kappa shape index (κ1) is 14.7. The Morgan fingerprint density at radius 1 is 1.44 bits per heavy atom. The fraction of sp³-hybridized carbons (Fsp3) is 0.600. The minimum Gasteiger partial charge on any atom is -0.511 e. The zero-order valence-corrected chi connectivity index (χ0v) is 11.6. The highest BCUT2D eigenvalue weighted by molar-refractivity contribution is 6.22. The van der Waals surface area contributed by atoms with E-state index in [0.717, 1.165) is 5.57 Å². The monoisotopic (exact) mass is 250 g/mol. The van der Waals surface area contributed by atoms with Crippen molar-refractivity contribution in [3.8, 4) is 0 Å². The van der Waals surface area contributed by atoms with Crippen LogP contribution in [0.25, 0.3) is 0 Å². The van der Waals surface area contributed by atoms with Gasteiger partial charge in [0, 0.05) is 18.8 Å². The van der Waals surface area contributed by atoms with Crippen LogP contribution in [0.15, 0.2) is 23.0 Å². The lowest BCUT2D eigenvalue weighted by molar-refractivity contribution is -0.121. The predicted molar refractivity (Wildman–Crippen MR) is 71.3 cm³/mol. The third kappa shape index (κ3) is 3.56. The van der Waals surface area contributed by atoms with Crippen molar-refractivity contribution in [3.63, 3.8) is 0 Å². The second-order valence-electron chi connectivity index (χ2n) is 5.62. The molecule has 0 saturated heterocycles. The molecule has 18 heavy (non-hydrogen) atoms. The van der Waals surface area contributed by atoms with Gasteiger partial charge in [0.25, 0.3) is 0 Å². The van der Waals surface area contributed by atoms with Gasteiger partial charge in [-0.15, -0.1) is 0 Å². The summed E-state index contributed by atoms with van der Waals surface area (Å²) < 4.78 is 0. The summed E-state index contributed by atoms with van der Waals surface area (Å²) in [7, 11) is 0. The molecule has 1 aliphatic rings. The van der Waals surface area contributed by atoms with Gasteiger partial charge in [0.2, 0.25) is 0 Å². The highest BCUT2D eigenvalue weighted by Crippen LogP contribution is 2.32. The minimum atomic E-state index is -0.216. The Morgan fingerprint density at radius 3 is 2.56 bits per heavy atom. The normalized spacial score (nSPS) is 19.6. The Labute approximate surface area is 109 Å². The smallest absolute Gasteiger partial charge is 0.170 e. The van der Waals surface area contributed by atoms with E-state index in [1.54, 1.807) is 0 Å². The topological polar surface area (TPSA) is 54.4 Å². The number of aliphatic hydroxyl groups is 1. The molecular formula is C15H22O3. The van der Waals surface area contributed by atoms with E-state index in [9.17, 15) is 14.7 Å². The first-order chi connectivity index (χ1) is 8.32. The van der Waals surface area contributed by atoms with Crippen LogP contribution in [-0.4, -0.2) is 16.7 Å². The summed E-state index contributed by atoms with van der Waals surface area (Å²) in [6, 6.07) is 0. The maximum atomic E-state index is 11.9. The summed E-state index contributed by atoms with van der Waals surface area (Å²) in [5.74, 6) is -0.429. The highest BCUT2D eigenvalue weighted by Gasteiger charge is 2.35. The number of carbonyl (C=O) groups is 2. The molecule has 1 unspecified atom stereocenters. The van der Waals surface area contributed by atoms with Crippen molar-refractivity contribution in [2.45, 2.75) is 47.0 Å². The molecule has 3 nitrogen and oxygen atoms in total. The molecule has 0 radical (unpaired) electrons. The van der Waals surface area contributed by atoms with Gasteiger partial charge >= 0.3 is 0 Å². The molecule has 100 valence electrons. The van der Waals surface area contributed by atoms with Crippen LogP contribution in [0.5, 0.6) is 0 Å². The van der Waals surface area contributed by atoms with E-state index in [1.807, 2.05) is 33.8 Å². The molecule has 0 aromatic carbocycles. The Balaban J connectivity index is 2.85. The first-order valence-electron chi connectivity index (χ1n) is 6.45. The highest BCUT2D eigenvalue weighted by atomic mass is 16.3. The fourth-order valence-electron chi connectivity index (χ4n) is 2.11. The summed E-state index contributed by atoms with van der Waals surface area (Å²) in [4.78, 5) is 23.7. The average molecular weight is 250 g/mol. The van der Waals surface area contributed by atoms with Gasteiger partial charge in [-0.25, -0.2) is 0 Å².